The van der Waals surface area contributed by atoms with Crippen LogP contribution in [-0.4, -0.2) is 24.4 Å². The van der Waals surface area contributed by atoms with Gasteiger partial charge >= 0.3 is 0 Å². The van der Waals surface area contributed by atoms with Crippen LogP contribution >= 0.6 is 0 Å². The molecule has 2 heteroatoms. The Morgan fingerprint density at radius 3 is 2.20 bits per heavy atom. The van der Waals surface area contributed by atoms with E-state index in [0.717, 1.165) is 19.4 Å². The molecule has 90 valence electrons. The van der Waals surface area contributed by atoms with Gasteiger partial charge in [-0.1, -0.05) is 47.0 Å². The molecule has 0 aromatic rings. The largest absolute Gasteiger partial charge is 0.345 e. The number of hydrogen-bond acceptors (Lipinski definition) is 1. The van der Waals surface area contributed by atoms with Gasteiger partial charge in [0.05, 0.1) is 0 Å². The molecule has 15 heavy (non-hydrogen) atoms. The zero-order valence-corrected chi connectivity index (χ0v) is 11.1. The highest BCUT2D eigenvalue weighted by atomic mass is 16.2. The van der Waals surface area contributed by atoms with Crippen molar-refractivity contribution in [3.05, 3.63) is 0 Å². The molecule has 1 amide bonds. The van der Waals surface area contributed by atoms with E-state index in [1.807, 2.05) is 25.8 Å². The van der Waals surface area contributed by atoms with Crippen LogP contribution in [0.4, 0.5) is 0 Å². The Bertz CT molecular complexity index is 187. The zero-order chi connectivity index (χ0) is 11.9. The normalized spacial score (nSPS) is 11.5. The Labute approximate surface area is 95.0 Å². The van der Waals surface area contributed by atoms with Gasteiger partial charge in [-0.05, 0) is 12.8 Å². The molecule has 0 saturated heterocycles. The van der Waals surface area contributed by atoms with Crippen LogP contribution in [0.15, 0.2) is 0 Å². The Morgan fingerprint density at radius 2 is 1.73 bits per heavy atom. The summed E-state index contributed by atoms with van der Waals surface area (Å²) in [6.45, 7) is 9.23. The first-order valence-corrected chi connectivity index (χ1v) is 6.21. The number of amides is 1. The van der Waals surface area contributed by atoms with E-state index < -0.39 is 0 Å². The lowest BCUT2D eigenvalue weighted by Crippen LogP contribution is -2.38. The maximum Gasteiger partial charge on any atom is 0.227 e. The van der Waals surface area contributed by atoms with E-state index in [2.05, 4.69) is 13.8 Å². The fourth-order valence-corrected chi connectivity index (χ4v) is 1.55. The lowest BCUT2D eigenvalue weighted by molar-refractivity contribution is -0.139. The second-order valence-electron chi connectivity index (χ2n) is 5.02. The van der Waals surface area contributed by atoms with E-state index in [1.54, 1.807) is 0 Å². The van der Waals surface area contributed by atoms with Crippen molar-refractivity contribution in [3.63, 3.8) is 0 Å². The van der Waals surface area contributed by atoms with Gasteiger partial charge in [-0.15, -0.1) is 0 Å². The molecule has 0 aromatic carbocycles. The quantitative estimate of drug-likeness (QED) is 0.593. The molecule has 0 bridgehead atoms. The van der Waals surface area contributed by atoms with E-state index in [1.165, 1.54) is 19.3 Å². The number of rotatable bonds is 7. The SMILES string of the molecule is CCCCCCN(C)C(=O)C(C)(C)CC. The third-order valence-corrected chi connectivity index (χ3v) is 3.16. The van der Waals surface area contributed by atoms with Crippen molar-refractivity contribution in [2.45, 2.75) is 59.8 Å². The summed E-state index contributed by atoms with van der Waals surface area (Å²) in [5.41, 5.74) is -0.195. The molecule has 0 aromatic heterocycles. The molecule has 0 spiro atoms. The Morgan fingerprint density at radius 1 is 1.13 bits per heavy atom. The number of unbranched alkanes of at least 4 members (excludes halogenated alkanes) is 3. The Kier molecular flexibility index (Phi) is 6.62. The first-order valence-electron chi connectivity index (χ1n) is 6.21. The summed E-state index contributed by atoms with van der Waals surface area (Å²) in [6, 6.07) is 0. The minimum Gasteiger partial charge on any atom is -0.345 e. The third-order valence-electron chi connectivity index (χ3n) is 3.16. The molecule has 0 radical (unpaired) electrons. The van der Waals surface area contributed by atoms with E-state index in [4.69, 9.17) is 0 Å². The van der Waals surface area contributed by atoms with Crippen molar-refractivity contribution >= 4 is 5.91 Å². The summed E-state index contributed by atoms with van der Waals surface area (Å²) >= 11 is 0. The molecule has 2 nitrogen and oxygen atoms in total. The molecular formula is C13H27NO. The van der Waals surface area contributed by atoms with Gasteiger partial charge in [-0.25, -0.2) is 0 Å². The predicted octanol–water partition coefficient (Wildman–Crippen LogP) is 3.46. The van der Waals surface area contributed by atoms with Gasteiger partial charge in [0.15, 0.2) is 0 Å². The minimum atomic E-state index is -0.195. The van der Waals surface area contributed by atoms with E-state index in [0.29, 0.717) is 0 Å². The van der Waals surface area contributed by atoms with Gasteiger partial charge in [0.1, 0.15) is 0 Å². The van der Waals surface area contributed by atoms with Crippen molar-refractivity contribution in [2.24, 2.45) is 5.41 Å². The standard InChI is InChI=1S/C13H27NO/c1-6-8-9-10-11-14(5)12(15)13(3,4)7-2/h6-11H2,1-5H3. The van der Waals surface area contributed by atoms with Crippen molar-refractivity contribution in [1.29, 1.82) is 0 Å². The molecular weight excluding hydrogens is 186 g/mol. The fraction of sp³-hybridized carbons (Fsp3) is 0.923. The summed E-state index contributed by atoms with van der Waals surface area (Å²) in [5.74, 6) is 0.279. The first-order chi connectivity index (χ1) is 6.95. The van der Waals surface area contributed by atoms with Crippen molar-refractivity contribution in [2.75, 3.05) is 13.6 Å². The summed E-state index contributed by atoms with van der Waals surface area (Å²) in [5, 5.41) is 0. The van der Waals surface area contributed by atoms with Gasteiger partial charge in [0.2, 0.25) is 5.91 Å². The number of nitrogens with zero attached hydrogens (tertiary/aromatic N) is 1. The van der Waals surface area contributed by atoms with Crippen LogP contribution in [0.3, 0.4) is 0 Å². The maximum atomic E-state index is 12.0. The lowest BCUT2D eigenvalue weighted by atomic mass is 9.88. The summed E-state index contributed by atoms with van der Waals surface area (Å²) < 4.78 is 0. The van der Waals surface area contributed by atoms with Crippen LogP contribution in [0.2, 0.25) is 0 Å². The van der Waals surface area contributed by atoms with Crippen molar-refractivity contribution in [3.8, 4) is 0 Å². The highest BCUT2D eigenvalue weighted by Gasteiger charge is 2.27. The number of hydrogen-bond donors (Lipinski definition) is 0. The molecule has 0 aliphatic carbocycles. The molecule has 0 saturated carbocycles. The van der Waals surface area contributed by atoms with Crippen LogP contribution in [0.25, 0.3) is 0 Å². The van der Waals surface area contributed by atoms with Crippen LogP contribution in [0.1, 0.15) is 59.8 Å². The van der Waals surface area contributed by atoms with Gasteiger partial charge in [-0.2, -0.15) is 0 Å². The Hall–Kier alpha value is -0.530. The average molecular weight is 213 g/mol. The predicted molar refractivity (Wildman–Crippen MR) is 65.9 cm³/mol. The zero-order valence-electron chi connectivity index (χ0n) is 11.1. The smallest absolute Gasteiger partial charge is 0.227 e. The molecule has 0 rings (SSSR count). The molecule has 0 N–H and O–H groups in total. The molecule has 0 aliphatic rings. The average Bonchev–Trinajstić information content (AvgIpc) is 2.23. The van der Waals surface area contributed by atoms with Crippen molar-refractivity contribution < 1.29 is 4.79 Å². The second kappa shape index (κ2) is 6.86. The summed E-state index contributed by atoms with van der Waals surface area (Å²) in [6.07, 6.45) is 5.80. The van der Waals surface area contributed by atoms with Gasteiger partial charge in [0, 0.05) is 19.0 Å². The molecule has 0 heterocycles. The first kappa shape index (κ1) is 14.5. The number of carbonyl (C=O) groups is 1. The van der Waals surface area contributed by atoms with Crippen LogP contribution < -0.4 is 0 Å². The van der Waals surface area contributed by atoms with E-state index in [9.17, 15) is 4.79 Å². The van der Waals surface area contributed by atoms with Crippen LogP contribution in [0, 0.1) is 5.41 Å². The third kappa shape index (κ3) is 5.19. The maximum absolute atomic E-state index is 12.0. The summed E-state index contributed by atoms with van der Waals surface area (Å²) in [4.78, 5) is 13.9. The van der Waals surface area contributed by atoms with Gasteiger partial charge < -0.3 is 4.90 Å². The molecule has 0 fully saturated rings. The molecule has 0 aliphatic heterocycles. The Balaban J connectivity index is 3.89. The molecule has 0 unspecified atom stereocenters. The fourth-order valence-electron chi connectivity index (χ4n) is 1.55. The highest BCUT2D eigenvalue weighted by Crippen LogP contribution is 2.22. The van der Waals surface area contributed by atoms with E-state index >= 15 is 0 Å². The monoisotopic (exact) mass is 213 g/mol. The lowest BCUT2D eigenvalue weighted by Gasteiger charge is -2.28. The second-order valence-corrected chi connectivity index (χ2v) is 5.02. The van der Waals surface area contributed by atoms with Crippen LogP contribution in [-0.2, 0) is 4.79 Å². The number of carbonyl (C=O) groups excluding carboxylic acids is 1. The van der Waals surface area contributed by atoms with E-state index in [-0.39, 0.29) is 11.3 Å². The van der Waals surface area contributed by atoms with Crippen molar-refractivity contribution in [1.82, 2.24) is 4.90 Å². The topological polar surface area (TPSA) is 20.3 Å². The highest BCUT2D eigenvalue weighted by molar-refractivity contribution is 5.81. The minimum absolute atomic E-state index is 0.195. The van der Waals surface area contributed by atoms with Gasteiger partial charge in [0.25, 0.3) is 0 Å². The summed E-state index contributed by atoms with van der Waals surface area (Å²) in [7, 11) is 1.92. The molecule has 0 atom stereocenters. The van der Waals surface area contributed by atoms with Crippen LogP contribution in [0.5, 0.6) is 0 Å². The van der Waals surface area contributed by atoms with Gasteiger partial charge in [-0.3, -0.25) is 4.79 Å².